The number of thiophene rings is 1. The third kappa shape index (κ3) is 4.38. The van der Waals surface area contributed by atoms with Gasteiger partial charge in [-0.1, -0.05) is 109 Å². The zero-order valence-electron chi connectivity index (χ0n) is 26.3. The summed E-state index contributed by atoms with van der Waals surface area (Å²) in [5.74, 6) is 2.74. The Morgan fingerprint density at radius 3 is 2.33 bits per heavy atom. The fourth-order valence-electron chi connectivity index (χ4n) is 8.05. The Morgan fingerprint density at radius 2 is 1.42 bits per heavy atom. The number of fused-ring (bicyclic) bond motifs is 7. The highest BCUT2D eigenvalue weighted by Gasteiger charge is 2.34. The summed E-state index contributed by atoms with van der Waals surface area (Å²) in [7, 11) is 0. The number of nitrogens with zero attached hydrogens (tertiary/aromatic N) is 3. The molecule has 0 bridgehead atoms. The Hall–Kier alpha value is -5.39. The number of hydrogen-bond donors (Lipinski definition) is 0. The van der Waals surface area contributed by atoms with Crippen LogP contribution in [0.1, 0.15) is 52.8 Å². The maximum absolute atomic E-state index is 6.30. The molecule has 3 aliphatic rings. The van der Waals surface area contributed by atoms with E-state index in [9.17, 15) is 0 Å². The first kappa shape index (κ1) is 27.7. The Kier molecular flexibility index (Phi) is 6.41. The van der Waals surface area contributed by atoms with E-state index in [-0.39, 0.29) is 5.92 Å². The molecule has 48 heavy (non-hydrogen) atoms. The summed E-state index contributed by atoms with van der Waals surface area (Å²) < 4.78 is 7.62. The first-order chi connectivity index (χ1) is 23.8. The molecular formula is C43H31N3OS. The van der Waals surface area contributed by atoms with Crippen LogP contribution in [0.3, 0.4) is 0 Å². The van der Waals surface area contributed by atoms with E-state index >= 15 is 0 Å². The van der Waals surface area contributed by atoms with Gasteiger partial charge >= 0.3 is 0 Å². The van der Waals surface area contributed by atoms with E-state index < -0.39 is 0 Å². The van der Waals surface area contributed by atoms with Crippen LogP contribution in [-0.2, 0) is 6.42 Å². The molecule has 2 unspecified atom stereocenters. The quantitative estimate of drug-likeness (QED) is 0.193. The molecule has 0 N–H and O–H groups in total. The molecule has 3 aliphatic carbocycles. The van der Waals surface area contributed by atoms with Crippen molar-refractivity contribution in [1.29, 1.82) is 0 Å². The third-order valence-corrected chi connectivity index (χ3v) is 11.4. The van der Waals surface area contributed by atoms with Crippen LogP contribution in [0.4, 0.5) is 0 Å². The molecule has 3 aromatic heterocycles. The number of aryl methyl sites for hydroxylation is 1. The summed E-state index contributed by atoms with van der Waals surface area (Å²) in [4.78, 5) is 17.1. The largest absolute Gasteiger partial charge is 0.456 e. The lowest BCUT2D eigenvalue weighted by Gasteiger charge is -2.34. The van der Waals surface area contributed by atoms with Crippen molar-refractivity contribution in [3.63, 3.8) is 0 Å². The fourth-order valence-corrected chi connectivity index (χ4v) is 9.29. The van der Waals surface area contributed by atoms with Gasteiger partial charge in [0.1, 0.15) is 11.2 Å². The van der Waals surface area contributed by atoms with Crippen molar-refractivity contribution in [3.8, 4) is 11.4 Å². The van der Waals surface area contributed by atoms with Gasteiger partial charge in [0.2, 0.25) is 0 Å². The molecule has 0 saturated heterocycles. The highest BCUT2D eigenvalue weighted by atomic mass is 32.1. The van der Waals surface area contributed by atoms with Crippen molar-refractivity contribution in [2.24, 2.45) is 5.92 Å². The summed E-state index contributed by atoms with van der Waals surface area (Å²) in [5, 5.41) is 3.68. The molecular weight excluding hydrogens is 607 g/mol. The summed E-state index contributed by atoms with van der Waals surface area (Å²) in [6, 6.07) is 34.0. The van der Waals surface area contributed by atoms with E-state index in [4.69, 9.17) is 19.4 Å². The average Bonchev–Trinajstić information content (AvgIpc) is 3.73. The molecule has 0 saturated carbocycles. The molecule has 0 fully saturated rings. The number of para-hydroxylation sites is 1. The highest BCUT2D eigenvalue weighted by molar-refractivity contribution is 7.19. The van der Waals surface area contributed by atoms with Crippen molar-refractivity contribution >= 4 is 54.5 Å². The monoisotopic (exact) mass is 637 g/mol. The van der Waals surface area contributed by atoms with Gasteiger partial charge in [0.15, 0.2) is 17.5 Å². The molecule has 0 amide bonds. The van der Waals surface area contributed by atoms with Crippen LogP contribution in [0.25, 0.3) is 54.6 Å². The van der Waals surface area contributed by atoms with Gasteiger partial charge in [0.05, 0.1) is 0 Å². The summed E-state index contributed by atoms with van der Waals surface area (Å²) in [6.45, 7) is 0. The average molecular weight is 638 g/mol. The second kappa shape index (κ2) is 11.1. The topological polar surface area (TPSA) is 51.8 Å². The molecule has 230 valence electrons. The van der Waals surface area contributed by atoms with Gasteiger partial charge in [-0.3, -0.25) is 0 Å². The first-order valence-electron chi connectivity index (χ1n) is 16.8. The van der Waals surface area contributed by atoms with E-state index in [1.165, 1.54) is 42.4 Å². The van der Waals surface area contributed by atoms with E-state index in [2.05, 4.69) is 115 Å². The normalized spacial score (nSPS) is 18.8. The highest BCUT2D eigenvalue weighted by Crippen LogP contribution is 2.49. The molecule has 7 aromatic rings. The van der Waals surface area contributed by atoms with Crippen LogP contribution in [-0.4, -0.2) is 15.0 Å². The minimum absolute atomic E-state index is 0.217. The van der Waals surface area contributed by atoms with E-state index in [0.29, 0.717) is 11.7 Å². The number of allylic oxidation sites excluding steroid dienone is 7. The Labute approximate surface area is 282 Å². The first-order valence-corrected chi connectivity index (χ1v) is 17.6. The maximum atomic E-state index is 6.30. The molecule has 10 rings (SSSR count). The van der Waals surface area contributed by atoms with Crippen LogP contribution in [0, 0.1) is 5.92 Å². The predicted octanol–water partition coefficient (Wildman–Crippen LogP) is 11.1. The zero-order valence-corrected chi connectivity index (χ0v) is 27.1. The predicted molar refractivity (Wildman–Crippen MR) is 197 cm³/mol. The lowest BCUT2D eigenvalue weighted by molar-refractivity contribution is 0.512. The molecule has 0 spiro atoms. The SMILES string of the molecule is C1=CC(c2cccc3oc4ccccc4c23)C2CCC=C(c3nc(C4=CCCc5sc6ccccc6c54)nc(-c4ccccc4)n3)C2=C1. The van der Waals surface area contributed by atoms with Gasteiger partial charge in [-0.15, -0.1) is 11.3 Å². The minimum Gasteiger partial charge on any atom is -0.456 e. The summed E-state index contributed by atoms with van der Waals surface area (Å²) >= 11 is 1.90. The summed E-state index contributed by atoms with van der Waals surface area (Å²) in [6.07, 6.45) is 15.6. The van der Waals surface area contributed by atoms with E-state index in [0.717, 1.165) is 65.2 Å². The lowest BCUT2D eigenvalue weighted by atomic mass is 9.70. The Balaban J connectivity index is 1.11. The number of furan rings is 1. The number of aromatic nitrogens is 3. The van der Waals surface area contributed by atoms with E-state index in [1.54, 1.807) is 0 Å². The molecule has 2 atom stereocenters. The number of rotatable bonds is 4. The minimum atomic E-state index is 0.217. The number of hydrogen-bond acceptors (Lipinski definition) is 5. The zero-order chi connectivity index (χ0) is 31.6. The van der Waals surface area contributed by atoms with Gasteiger partial charge in [0.25, 0.3) is 0 Å². The van der Waals surface area contributed by atoms with Crippen molar-refractivity contribution in [1.82, 2.24) is 15.0 Å². The van der Waals surface area contributed by atoms with Crippen LogP contribution in [0.5, 0.6) is 0 Å². The van der Waals surface area contributed by atoms with Crippen molar-refractivity contribution in [2.75, 3.05) is 0 Å². The van der Waals surface area contributed by atoms with Crippen molar-refractivity contribution in [2.45, 2.75) is 31.6 Å². The molecule has 3 heterocycles. The van der Waals surface area contributed by atoms with Crippen LogP contribution < -0.4 is 0 Å². The molecule has 4 nitrogen and oxygen atoms in total. The second-order valence-electron chi connectivity index (χ2n) is 12.9. The van der Waals surface area contributed by atoms with Crippen molar-refractivity contribution < 1.29 is 4.42 Å². The standard InChI is InChI=1S/C43H31N3OS/c1-2-12-26(13-3-1)41-44-42(46-43(45-41)34-21-11-25-38-40(34)33-15-5-7-24-37(33)48-38)31-20-9-16-27-28(17-8-18-29(27)31)30-19-10-23-36-39(30)32-14-4-6-22-35(32)47-36/h1-8,10,12-15,17-24,27-28H,9,11,16,25H2. The van der Waals surface area contributed by atoms with Gasteiger partial charge in [-0.25, -0.2) is 15.0 Å². The lowest BCUT2D eigenvalue weighted by Crippen LogP contribution is -2.21. The van der Waals surface area contributed by atoms with Crippen LogP contribution in [0.15, 0.2) is 137 Å². The third-order valence-electron chi connectivity index (χ3n) is 10.2. The molecule has 0 radical (unpaired) electrons. The van der Waals surface area contributed by atoms with Gasteiger partial charge in [0, 0.05) is 53.9 Å². The van der Waals surface area contributed by atoms with Gasteiger partial charge in [-0.2, -0.15) is 0 Å². The van der Waals surface area contributed by atoms with Gasteiger partial charge in [-0.05, 0) is 60.9 Å². The fraction of sp³-hybridized carbons (Fsp3) is 0.140. The van der Waals surface area contributed by atoms with E-state index in [1.807, 2.05) is 23.5 Å². The van der Waals surface area contributed by atoms with Crippen molar-refractivity contribution in [3.05, 3.63) is 161 Å². The Bertz CT molecular complexity index is 2530. The van der Waals surface area contributed by atoms with Crippen LogP contribution in [0.2, 0.25) is 0 Å². The molecule has 4 aromatic carbocycles. The molecule has 5 heteroatoms. The summed E-state index contributed by atoms with van der Waals surface area (Å²) in [5.41, 5.74) is 9.02. The molecule has 0 aliphatic heterocycles. The number of benzene rings is 4. The second-order valence-corrected chi connectivity index (χ2v) is 14.0. The Morgan fingerprint density at radius 1 is 0.667 bits per heavy atom. The van der Waals surface area contributed by atoms with Gasteiger partial charge < -0.3 is 4.42 Å². The maximum Gasteiger partial charge on any atom is 0.164 e. The van der Waals surface area contributed by atoms with Crippen LogP contribution >= 0.6 is 11.3 Å². The smallest absolute Gasteiger partial charge is 0.164 e.